The van der Waals surface area contributed by atoms with Crippen molar-refractivity contribution in [3.05, 3.63) is 71.5 Å². The van der Waals surface area contributed by atoms with Gasteiger partial charge in [0.1, 0.15) is 5.82 Å². The molecule has 3 rings (SSSR count). The quantitative estimate of drug-likeness (QED) is 0.928. The number of nitrogens with two attached hydrogens (primary N) is 1. The van der Waals surface area contributed by atoms with E-state index in [1.54, 1.807) is 6.07 Å². The highest BCUT2D eigenvalue weighted by Crippen LogP contribution is 2.36. The third kappa shape index (κ3) is 3.65. The smallest absolute Gasteiger partial charge is 0.225 e. The van der Waals surface area contributed by atoms with E-state index in [4.69, 9.17) is 5.73 Å². The average Bonchev–Trinajstić information content (AvgIpc) is 2.98. The Bertz CT molecular complexity index is 704. The highest BCUT2D eigenvalue weighted by atomic mass is 19.1. The molecule has 0 saturated carbocycles. The Morgan fingerprint density at radius 1 is 1.25 bits per heavy atom. The van der Waals surface area contributed by atoms with Crippen LogP contribution in [0.5, 0.6) is 0 Å². The van der Waals surface area contributed by atoms with Gasteiger partial charge in [-0.15, -0.1) is 0 Å². The molecule has 126 valence electrons. The molecule has 4 heteroatoms. The summed E-state index contributed by atoms with van der Waals surface area (Å²) >= 11 is 0. The largest absolute Gasteiger partial charge is 0.335 e. The van der Waals surface area contributed by atoms with Crippen LogP contribution in [0.3, 0.4) is 0 Å². The van der Waals surface area contributed by atoms with Gasteiger partial charge in [0.25, 0.3) is 0 Å². The fraction of sp³-hybridized carbons (Fsp3) is 0.350. The second-order valence-corrected chi connectivity index (χ2v) is 6.68. The zero-order valence-corrected chi connectivity index (χ0v) is 13.9. The molecule has 1 aliphatic heterocycles. The summed E-state index contributed by atoms with van der Waals surface area (Å²) in [6, 6.07) is 15.8. The van der Waals surface area contributed by atoms with Gasteiger partial charge in [0.2, 0.25) is 5.91 Å². The van der Waals surface area contributed by atoms with Gasteiger partial charge >= 0.3 is 0 Å². The van der Waals surface area contributed by atoms with Crippen molar-refractivity contribution in [3.63, 3.8) is 0 Å². The Kier molecular flexibility index (Phi) is 4.95. The number of nitrogens with zero attached hydrogens (tertiary/aromatic N) is 1. The first-order valence-electron chi connectivity index (χ1n) is 8.40. The van der Waals surface area contributed by atoms with Gasteiger partial charge in [-0.2, -0.15) is 0 Å². The SMILES string of the molecule is CC1CC(c2cccc(F)c2)N(C(=O)CC(N)c2ccccc2)C1. The lowest BCUT2D eigenvalue weighted by molar-refractivity contribution is -0.132. The molecule has 2 aromatic carbocycles. The maximum absolute atomic E-state index is 13.6. The number of likely N-dealkylation sites (tertiary alicyclic amines) is 1. The topological polar surface area (TPSA) is 46.3 Å². The Morgan fingerprint density at radius 3 is 2.71 bits per heavy atom. The molecule has 1 saturated heterocycles. The van der Waals surface area contributed by atoms with Gasteiger partial charge in [0, 0.05) is 19.0 Å². The zero-order valence-electron chi connectivity index (χ0n) is 13.9. The predicted octanol–water partition coefficient (Wildman–Crippen LogP) is 3.83. The monoisotopic (exact) mass is 326 g/mol. The summed E-state index contributed by atoms with van der Waals surface area (Å²) in [6.07, 6.45) is 1.12. The third-order valence-electron chi connectivity index (χ3n) is 4.69. The highest BCUT2D eigenvalue weighted by molar-refractivity contribution is 5.78. The van der Waals surface area contributed by atoms with E-state index in [-0.39, 0.29) is 30.2 Å². The maximum Gasteiger partial charge on any atom is 0.225 e. The van der Waals surface area contributed by atoms with Crippen LogP contribution in [-0.4, -0.2) is 17.4 Å². The van der Waals surface area contributed by atoms with Crippen LogP contribution in [0, 0.1) is 11.7 Å². The summed E-state index contributed by atoms with van der Waals surface area (Å²) in [7, 11) is 0. The van der Waals surface area contributed by atoms with Crippen molar-refractivity contribution in [3.8, 4) is 0 Å². The van der Waals surface area contributed by atoms with Gasteiger partial charge in [-0.3, -0.25) is 4.79 Å². The molecule has 2 aromatic rings. The molecule has 0 radical (unpaired) electrons. The van der Waals surface area contributed by atoms with E-state index in [0.29, 0.717) is 12.5 Å². The molecule has 1 amide bonds. The first-order valence-corrected chi connectivity index (χ1v) is 8.40. The van der Waals surface area contributed by atoms with Crippen LogP contribution in [-0.2, 0) is 4.79 Å². The van der Waals surface area contributed by atoms with Crippen LogP contribution in [0.2, 0.25) is 0 Å². The molecule has 0 bridgehead atoms. The highest BCUT2D eigenvalue weighted by Gasteiger charge is 2.34. The second-order valence-electron chi connectivity index (χ2n) is 6.68. The van der Waals surface area contributed by atoms with Crippen molar-refractivity contribution in [1.29, 1.82) is 0 Å². The number of benzene rings is 2. The number of hydrogen-bond acceptors (Lipinski definition) is 2. The van der Waals surface area contributed by atoms with Crippen molar-refractivity contribution >= 4 is 5.91 Å². The lowest BCUT2D eigenvalue weighted by atomic mass is 10.00. The lowest BCUT2D eigenvalue weighted by Gasteiger charge is -2.26. The van der Waals surface area contributed by atoms with E-state index in [2.05, 4.69) is 6.92 Å². The fourth-order valence-electron chi connectivity index (χ4n) is 3.47. The number of hydrogen-bond donors (Lipinski definition) is 1. The lowest BCUT2D eigenvalue weighted by Crippen LogP contribution is -2.33. The molecule has 24 heavy (non-hydrogen) atoms. The molecule has 1 heterocycles. The molecule has 3 unspecified atom stereocenters. The Hall–Kier alpha value is -2.20. The maximum atomic E-state index is 13.6. The summed E-state index contributed by atoms with van der Waals surface area (Å²) in [4.78, 5) is 14.7. The number of carbonyl (C=O) groups excluding carboxylic acids is 1. The molecular formula is C20H23FN2O. The minimum atomic E-state index is -0.317. The van der Waals surface area contributed by atoms with Crippen LogP contribution in [0.15, 0.2) is 54.6 Å². The number of halogens is 1. The summed E-state index contributed by atoms with van der Waals surface area (Å²) in [5, 5.41) is 0. The molecule has 3 nitrogen and oxygen atoms in total. The summed E-state index contributed by atoms with van der Waals surface area (Å²) < 4.78 is 13.6. The zero-order chi connectivity index (χ0) is 17.1. The van der Waals surface area contributed by atoms with Crippen LogP contribution in [0.1, 0.15) is 43.0 Å². The Labute approximate surface area is 142 Å². The van der Waals surface area contributed by atoms with E-state index in [9.17, 15) is 9.18 Å². The van der Waals surface area contributed by atoms with E-state index >= 15 is 0 Å². The van der Waals surface area contributed by atoms with E-state index in [0.717, 1.165) is 17.5 Å². The van der Waals surface area contributed by atoms with Gasteiger partial charge < -0.3 is 10.6 Å². The van der Waals surface area contributed by atoms with Gasteiger partial charge in [-0.25, -0.2) is 4.39 Å². The van der Waals surface area contributed by atoms with Gasteiger partial charge in [-0.05, 0) is 35.6 Å². The van der Waals surface area contributed by atoms with Crippen molar-refractivity contribution in [2.45, 2.75) is 31.8 Å². The van der Waals surface area contributed by atoms with Crippen molar-refractivity contribution in [2.24, 2.45) is 11.7 Å². The second kappa shape index (κ2) is 7.14. The third-order valence-corrected chi connectivity index (χ3v) is 4.69. The molecule has 0 aliphatic carbocycles. The first-order chi connectivity index (χ1) is 11.5. The van der Waals surface area contributed by atoms with Crippen LogP contribution >= 0.6 is 0 Å². The molecule has 1 fully saturated rings. The van der Waals surface area contributed by atoms with Gasteiger partial charge in [0.05, 0.1) is 6.04 Å². The average molecular weight is 326 g/mol. The van der Waals surface area contributed by atoms with E-state index in [1.165, 1.54) is 12.1 Å². The van der Waals surface area contributed by atoms with Gasteiger partial charge in [-0.1, -0.05) is 49.4 Å². The molecular weight excluding hydrogens is 303 g/mol. The molecule has 3 atom stereocenters. The first kappa shape index (κ1) is 16.7. The standard InChI is InChI=1S/C20H23FN2O/c1-14-10-19(16-8-5-9-17(21)11-16)23(13-14)20(24)12-18(22)15-6-3-2-4-7-15/h2-9,11,14,18-19H,10,12-13,22H2,1H3. The summed E-state index contributed by atoms with van der Waals surface area (Å²) in [5.41, 5.74) is 8.02. The molecule has 1 aliphatic rings. The Balaban J connectivity index is 1.75. The molecule has 2 N–H and O–H groups in total. The molecule has 0 spiro atoms. The van der Waals surface area contributed by atoms with Gasteiger partial charge in [0.15, 0.2) is 0 Å². The van der Waals surface area contributed by atoms with Crippen molar-refractivity contribution in [2.75, 3.05) is 6.54 Å². The Morgan fingerprint density at radius 2 is 2.00 bits per heavy atom. The normalized spacial score (nSPS) is 21.7. The van der Waals surface area contributed by atoms with Crippen LogP contribution in [0.25, 0.3) is 0 Å². The number of carbonyl (C=O) groups is 1. The number of amides is 1. The van der Waals surface area contributed by atoms with Crippen molar-refractivity contribution in [1.82, 2.24) is 4.90 Å². The van der Waals surface area contributed by atoms with E-state index < -0.39 is 0 Å². The molecule has 0 aromatic heterocycles. The fourth-order valence-corrected chi connectivity index (χ4v) is 3.47. The minimum Gasteiger partial charge on any atom is -0.335 e. The number of rotatable bonds is 4. The summed E-state index contributed by atoms with van der Waals surface area (Å²) in [6.45, 7) is 2.82. The van der Waals surface area contributed by atoms with Crippen molar-refractivity contribution < 1.29 is 9.18 Å². The minimum absolute atomic E-state index is 0.0324. The summed E-state index contributed by atoms with van der Waals surface area (Å²) in [5.74, 6) is 0.167. The predicted molar refractivity (Wildman–Crippen MR) is 92.6 cm³/mol. The van der Waals surface area contributed by atoms with Crippen LogP contribution < -0.4 is 5.73 Å². The van der Waals surface area contributed by atoms with Crippen LogP contribution in [0.4, 0.5) is 4.39 Å². The van der Waals surface area contributed by atoms with E-state index in [1.807, 2.05) is 41.3 Å².